The fraction of sp³-hybridized carbons (Fsp3) is 0.909. The maximum atomic E-state index is 12.0. The molecule has 0 aromatic rings. The second-order valence-electron chi connectivity index (χ2n) is 5.62. The van der Waals surface area contributed by atoms with Crippen LogP contribution in [0.5, 0.6) is 0 Å². The standard InChI is InChI=1S/C11H25N3O2S/c1-6-11(7-2,9(12)13)14-17(15,16)8-10(3,4)5/h14H,6-8H2,1-5H3,(H3,12,13). The van der Waals surface area contributed by atoms with Crippen LogP contribution in [0.2, 0.25) is 0 Å². The van der Waals surface area contributed by atoms with E-state index in [-0.39, 0.29) is 17.0 Å². The molecule has 0 rings (SSSR count). The maximum absolute atomic E-state index is 12.0. The summed E-state index contributed by atoms with van der Waals surface area (Å²) in [6.07, 6.45) is 0.949. The summed E-state index contributed by atoms with van der Waals surface area (Å²) in [5, 5.41) is 7.56. The van der Waals surface area contributed by atoms with Gasteiger partial charge in [0.1, 0.15) is 5.84 Å². The summed E-state index contributed by atoms with van der Waals surface area (Å²) < 4.78 is 26.6. The highest BCUT2D eigenvalue weighted by atomic mass is 32.2. The number of hydrogen-bond donors (Lipinski definition) is 3. The van der Waals surface area contributed by atoms with E-state index in [1.165, 1.54) is 0 Å². The predicted octanol–water partition coefficient (Wildman–Crippen LogP) is 1.45. The maximum Gasteiger partial charge on any atom is 0.213 e. The lowest BCUT2D eigenvalue weighted by Crippen LogP contribution is -2.57. The SMILES string of the molecule is CCC(CC)(NS(=O)(=O)CC(C)(C)C)C(=N)N. The Kier molecular flexibility index (Phi) is 5.16. The Bertz CT molecular complexity index is 365. The van der Waals surface area contributed by atoms with Crippen LogP contribution in [-0.4, -0.2) is 25.5 Å². The van der Waals surface area contributed by atoms with Crippen molar-refractivity contribution in [1.29, 1.82) is 5.41 Å². The van der Waals surface area contributed by atoms with E-state index in [2.05, 4.69) is 4.72 Å². The first-order valence-corrected chi connectivity index (χ1v) is 7.49. The van der Waals surface area contributed by atoms with Crippen molar-refractivity contribution in [2.75, 3.05) is 5.75 Å². The molecule has 0 saturated carbocycles. The summed E-state index contributed by atoms with van der Waals surface area (Å²) in [4.78, 5) is 0. The predicted molar refractivity (Wildman–Crippen MR) is 71.6 cm³/mol. The average molecular weight is 263 g/mol. The van der Waals surface area contributed by atoms with Crippen LogP contribution in [0.15, 0.2) is 0 Å². The minimum atomic E-state index is -3.44. The Hall–Kier alpha value is -0.620. The molecule has 0 radical (unpaired) electrons. The molecule has 6 heteroatoms. The van der Waals surface area contributed by atoms with Crippen LogP contribution >= 0.6 is 0 Å². The molecule has 0 aromatic carbocycles. The Labute approximate surface area is 105 Å². The number of rotatable bonds is 6. The summed E-state index contributed by atoms with van der Waals surface area (Å²) in [5.41, 5.74) is 4.26. The lowest BCUT2D eigenvalue weighted by atomic mass is 9.93. The molecule has 0 atom stereocenters. The molecule has 0 amide bonds. The molecule has 0 spiro atoms. The minimum Gasteiger partial charge on any atom is -0.386 e. The van der Waals surface area contributed by atoms with Gasteiger partial charge in [0, 0.05) is 0 Å². The van der Waals surface area contributed by atoms with Crippen molar-refractivity contribution < 1.29 is 8.42 Å². The molecule has 5 nitrogen and oxygen atoms in total. The second kappa shape index (κ2) is 5.35. The van der Waals surface area contributed by atoms with Crippen molar-refractivity contribution in [3.63, 3.8) is 0 Å². The monoisotopic (exact) mass is 263 g/mol. The number of amidine groups is 1. The number of nitrogens with one attached hydrogen (secondary N) is 2. The van der Waals surface area contributed by atoms with Gasteiger partial charge < -0.3 is 5.73 Å². The molecule has 0 unspecified atom stereocenters. The van der Waals surface area contributed by atoms with E-state index < -0.39 is 15.6 Å². The van der Waals surface area contributed by atoms with Gasteiger partial charge in [0.2, 0.25) is 10.0 Å². The molecule has 0 heterocycles. The highest BCUT2D eigenvalue weighted by Crippen LogP contribution is 2.20. The molecule has 102 valence electrons. The van der Waals surface area contributed by atoms with Gasteiger partial charge in [-0.3, -0.25) is 5.41 Å². The first-order valence-electron chi connectivity index (χ1n) is 5.84. The molecular weight excluding hydrogens is 238 g/mol. The first kappa shape index (κ1) is 16.4. The van der Waals surface area contributed by atoms with Crippen molar-refractivity contribution in [3.8, 4) is 0 Å². The van der Waals surface area contributed by atoms with Crippen LogP contribution in [0.4, 0.5) is 0 Å². The van der Waals surface area contributed by atoms with Crippen LogP contribution < -0.4 is 10.5 Å². The fourth-order valence-corrected chi connectivity index (χ4v) is 3.94. The smallest absolute Gasteiger partial charge is 0.213 e. The zero-order chi connectivity index (χ0) is 13.9. The number of hydrogen-bond acceptors (Lipinski definition) is 3. The van der Waals surface area contributed by atoms with Gasteiger partial charge >= 0.3 is 0 Å². The molecule has 0 bridgehead atoms. The lowest BCUT2D eigenvalue weighted by molar-refractivity contribution is 0.430. The second-order valence-corrected chi connectivity index (χ2v) is 7.35. The van der Waals surface area contributed by atoms with Crippen LogP contribution in [0.25, 0.3) is 0 Å². The third-order valence-electron chi connectivity index (χ3n) is 2.70. The molecule has 17 heavy (non-hydrogen) atoms. The van der Waals surface area contributed by atoms with Crippen molar-refractivity contribution >= 4 is 15.9 Å². The summed E-state index contributed by atoms with van der Waals surface area (Å²) >= 11 is 0. The van der Waals surface area contributed by atoms with E-state index in [1.54, 1.807) is 0 Å². The normalized spacial score (nSPS) is 13.7. The molecule has 0 aliphatic carbocycles. The Morgan fingerprint density at radius 1 is 1.24 bits per heavy atom. The largest absolute Gasteiger partial charge is 0.386 e. The average Bonchev–Trinajstić information content (AvgIpc) is 2.09. The Balaban J connectivity index is 5.08. The zero-order valence-electron chi connectivity index (χ0n) is 11.4. The molecule has 0 aromatic heterocycles. The van der Waals surface area contributed by atoms with Gasteiger partial charge in [-0.1, -0.05) is 34.6 Å². The van der Waals surface area contributed by atoms with Gasteiger partial charge in [0.05, 0.1) is 11.3 Å². The molecule has 4 N–H and O–H groups in total. The van der Waals surface area contributed by atoms with E-state index in [1.807, 2.05) is 34.6 Å². The summed E-state index contributed by atoms with van der Waals surface area (Å²) in [7, 11) is -3.44. The summed E-state index contributed by atoms with van der Waals surface area (Å²) in [6, 6.07) is 0. The van der Waals surface area contributed by atoms with Gasteiger partial charge in [0.15, 0.2) is 0 Å². The molecule has 0 aliphatic heterocycles. The minimum absolute atomic E-state index is 0.0228. The van der Waals surface area contributed by atoms with E-state index >= 15 is 0 Å². The van der Waals surface area contributed by atoms with Crippen molar-refractivity contribution in [2.24, 2.45) is 11.1 Å². The van der Waals surface area contributed by atoms with E-state index in [4.69, 9.17) is 11.1 Å². The fourth-order valence-electron chi connectivity index (χ4n) is 1.73. The third-order valence-corrected chi connectivity index (χ3v) is 4.64. The third kappa shape index (κ3) is 5.04. The topological polar surface area (TPSA) is 96.0 Å². The van der Waals surface area contributed by atoms with Crippen LogP contribution in [0.3, 0.4) is 0 Å². The van der Waals surface area contributed by atoms with Gasteiger partial charge in [-0.05, 0) is 18.3 Å². The first-order chi connectivity index (χ1) is 7.48. The van der Waals surface area contributed by atoms with Crippen LogP contribution in [0.1, 0.15) is 47.5 Å². The van der Waals surface area contributed by atoms with Crippen molar-refractivity contribution in [1.82, 2.24) is 4.72 Å². The van der Waals surface area contributed by atoms with E-state index in [9.17, 15) is 8.42 Å². The summed E-state index contributed by atoms with van der Waals surface area (Å²) in [5.74, 6) is -0.102. The van der Waals surface area contributed by atoms with E-state index in [0.717, 1.165) is 0 Å². The molecule has 0 fully saturated rings. The highest BCUT2D eigenvalue weighted by molar-refractivity contribution is 7.89. The molecular formula is C11H25N3O2S. The highest BCUT2D eigenvalue weighted by Gasteiger charge is 2.35. The van der Waals surface area contributed by atoms with Gasteiger partial charge in [-0.25, -0.2) is 13.1 Å². The van der Waals surface area contributed by atoms with E-state index in [0.29, 0.717) is 12.8 Å². The van der Waals surface area contributed by atoms with Gasteiger partial charge in [-0.2, -0.15) is 0 Å². The summed E-state index contributed by atoms with van der Waals surface area (Å²) in [6.45, 7) is 9.23. The van der Waals surface area contributed by atoms with Gasteiger partial charge in [-0.15, -0.1) is 0 Å². The van der Waals surface area contributed by atoms with Crippen LogP contribution in [-0.2, 0) is 10.0 Å². The molecule has 0 saturated heterocycles. The number of nitrogens with two attached hydrogens (primary N) is 1. The quantitative estimate of drug-likeness (QED) is 0.500. The lowest BCUT2D eigenvalue weighted by Gasteiger charge is -2.32. The van der Waals surface area contributed by atoms with Crippen molar-refractivity contribution in [2.45, 2.75) is 53.0 Å². The van der Waals surface area contributed by atoms with Gasteiger partial charge in [0.25, 0.3) is 0 Å². The number of sulfonamides is 1. The van der Waals surface area contributed by atoms with Crippen molar-refractivity contribution in [3.05, 3.63) is 0 Å². The Morgan fingerprint density at radius 3 is 1.88 bits per heavy atom. The molecule has 0 aliphatic rings. The van der Waals surface area contributed by atoms with Crippen LogP contribution in [0, 0.1) is 10.8 Å². The zero-order valence-corrected chi connectivity index (χ0v) is 12.2. The Morgan fingerprint density at radius 2 is 1.65 bits per heavy atom.